The van der Waals surface area contributed by atoms with Gasteiger partial charge in [0.1, 0.15) is 0 Å². The fraction of sp³-hybridized carbons (Fsp3) is 0.0667. The number of hydrogen-bond acceptors (Lipinski definition) is 2. The zero-order valence-corrected chi connectivity index (χ0v) is 13.4. The molecule has 0 unspecified atom stereocenters. The number of anilines is 1. The summed E-state index contributed by atoms with van der Waals surface area (Å²) in [5.74, 6) is -0.218. The molecule has 0 heterocycles. The van der Waals surface area contributed by atoms with Crippen LogP contribution < -0.4 is 10.6 Å². The van der Waals surface area contributed by atoms with E-state index in [1.54, 1.807) is 49.5 Å². The molecular formula is C15H12Cl2N2OS. The average molecular weight is 339 g/mol. The van der Waals surface area contributed by atoms with Crippen molar-refractivity contribution in [3.8, 4) is 0 Å². The third-order valence-electron chi connectivity index (χ3n) is 2.82. The molecule has 6 heteroatoms. The van der Waals surface area contributed by atoms with Crippen LogP contribution in [0.25, 0.3) is 0 Å². The molecule has 0 aliphatic heterocycles. The summed E-state index contributed by atoms with van der Waals surface area (Å²) in [6.07, 6.45) is 0. The Labute approximate surface area is 138 Å². The quantitative estimate of drug-likeness (QED) is 0.651. The van der Waals surface area contributed by atoms with Gasteiger partial charge in [-0.1, -0.05) is 35.3 Å². The fourth-order valence-corrected chi connectivity index (χ4v) is 2.29. The summed E-state index contributed by atoms with van der Waals surface area (Å²) in [4.78, 5) is 12.7. The normalized spacial score (nSPS) is 10.0. The monoisotopic (exact) mass is 338 g/mol. The van der Waals surface area contributed by atoms with E-state index in [9.17, 15) is 4.79 Å². The number of hydrogen-bond donors (Lipinski definition) is 2. The molecule has 108 valence electrons. The Bertz CT molecular complexity index is 704. The third-order valence-corrected chi connectivity index (χ3v) is 3.69. The zero-order chi connectivity index (χ0) is 15.4. The number of thiocarbonyl (C=S) groups is 1. The van der Waals surface area contributed by atoms with Crippen molar-refractivity contribution in [3.05, 3.63) is 63.6 Å². The Morgan fingerprint density at radius 2 is 1.81 bits per heavy atom. The van der Waals surface area contributed by atoms with Crippen molar-refractivity contribution in [2.45, 2.75) is 0 Å². The number of halogens is 2. The Balaban J connectivity index is 2.47. The molecule has 0 saturated carbocycles. The standard InChI is InChI=1S/C15H12Cl2N2OS/c1-18-15(21)19-13-7-6-9(16)8-11(13)14(20)10-4-2-3-5-12(10)17/h2-8H,1H3,(H2,18,19,21). The van der Waals surface area contributed by atoms with Crippen LogP contribution in [0.4, 0.5) is 5.69 Å². The van der Waals surface area contributed by atoms with Crippen LogP contribution in [0.3, 0.4) is 0 Å². The summed E-state index contributed by atoms with van der Waals surface area (Å²) in [7, 11) is 1.70. The minimum atomic E-state index is -0.218. The minimum absolute atomic E-state index is 0.218. The number of nitrogens with one attached hydrogen (secondary N) is 2. The molecule has 0 fully saturated rings. The molecule has 2 aromatic carbocycles. The predicted octanol–water partition coefficient (Wildman–Crippen LogP) is 4.14. The van der Waals surface area contributed by atoms with Gasteiger partial charge in [-0.25, -0.2) is 0 Å². The van der Waals surface area contributed by atoms with Gasteiger partial charge in [-0.05, 0) is 42.5 Å². The van der Waals surface area contributed by atoms with Crippen LogP contribution in [0.15, 0.2) is 42.5 Å². The van der Waals surface area contributed by atoms with E-state index < -0.39 is 0 Å². The van der Waals surface area contributed by atoms with Crippen LogP contribution in [0.5, 0.6) is 0 Å². The second-order valence-corrected chi connectivity index (χ2v) is 5.45. The van der Waals surface area contributed by atoms with Gasteiger partial charge in [-0.15, -0.1) is 0 Å². The van der Waals surface area contributed by atoms with Crippen LogP contribution in [-0.2, 0) is 0 Å². The number of benzene rings is 2. The van der Waals surface area contributed by atoms with Crippen molar-refractivity contribution >= 4 is 52.0 Å². The summed E-state index contributed by atoms with van der Waals surface area (Å²) in [6.45, 7) is 0. The van der Waals surface area contributed by atoms with Gasteiger partial charge in [0.15, 0.2) is 10.9 Å². The van der Waals surface area contributed by atoms with Gasteiger partial charge in [-0.2, -0.15) is 0 Å². The molecule has 2 N–H and O–H groups in total. The Hall–Kier alpha value is -1.62. The number of carbonyl (C=O) groups excluding carboxylic acids is 1. The molecule has 3 nitrogen and oxygen atoms in total. The minimum Gasteiger partial charge on any atom is -0.366 e. The lowest BCUT2D eigenvalue weighted by Gasteiger charge is -2.13. The van der Waals surface area contributed by atoms with Gasteiger partial charge >= 0.3 is 0 Å². The molecule has 0 saturated heterocycles. The Morgan fingerprint density at radius 1 is 1.10 bits per heavy atom. The lowest BCUT2D eigenvalue weighted by atomic mass is 10.0. The highest BCUT2D eigenvalue weighted by atomic mass is 35.5. The largest absolute Gasteiger partial charge is 0.366 e. The van der Waals surface area contributed by atoms with Crippen LogP contribution in [0, 0.1) is 0 Å². The number of ketones is 1. The summed E-state index contributed by atoms with van der Waals surface area (Å²) < 4.78 is 0. The van der Waals surface area contributed by atoms with Crippen molar-refractivity contribution in [1.82, 2.24) is 5.32 Å². The molecule has 0 aliphatic carbocycles. The first-order valence-corrected chi connectivity index (χ1v) is 7.27. The Morgan fingerprint density at radius 3 is 2.48 bits per heavy atom. The van der Waals surface area contributed by atoms with Crippen LogP contribution in [-0.4, -0.2) is 17.9 Å². The van der Waals surface area contributed by atoms with Gasteiger partial charge in [0.25, 0.3) is 0 Å². The SMILES string of the molecule is CNC(=S)Nc1ccc(Cl)cc1C(=O)c1ccccc1Cl. The molecule has 21 heavy (non-hydrogen) atoms. The van der Waals surface area contributed by atoms with E-state index in [0.29, 0.717) is 32.0 Å². The molecule has 0 radical (unpaired) electrons. The molecule has 0 bridgehead atoms. The van der Waals surface area contributed by atoms with Gasteiger partial charge in [0.05, 0.1) is 10.7 Å². The summed E-state index contributed by atoms with van der Waals surface area (Å²) in [5, 5.41) is 7.02. The summed E-state index contributed by atoms with van der Waals surface area (Å²) >= 11 is 17.1. The third kappa shape index (κ3) is 3.73. The fourth-order valence-electron chi connectivity index (χ4n) is 1.79. The lowest BCUT2D eigenvalue weighted by molar-refractivity contribution is 0.103. The summed E-state index contributed by atoms with van der Waals surface area (Å²) in [6, 6.07) is 11.9. The smallest absolute Gasteiger partial charge is 0.196 e. The van der Waals surface area contributed by atoms with E-state index >= 15 is 0 Å². The van der Waals surface area contributed by atoms with E-state index in [1.165, 1.54) is 0 Å². The average Bonchev–Trinajstić information content (AvgIpc) is 2.48. The van der Waals surface area contributed by atoms with Crippen molar-refractivity contribution in [3.63, 3.8) is 0 Å². The van der Waals surface area contributed by atoms with Gasteiger partial charge in [0, 0.05) is 23.2 Å². The first kappa shape index (κ1) is 15.8. The van der Waals surface area contributed by atoms with Crippen molar-refractivity contribution < 1.29 is 4.79 Å². The van der Waals surface area contributed by atoms with Gasteiger partial charge in [0.2, 0.25) is 0 Å². The highest BCUT2D eigenvalue weighted by Gasteiger charge is 2.17. The maximum Gasteiger partial charge on any atom is 0.196 e. The topological polar surface area (TPSA) is 41.1 Å². The van der Waals surface area contributed by atoms with Gasteiger partial charge < -0.3 is 10.6 Å². The highest BCUT2D eigenvalue weighted by Crippen LogP contribution is 2.26. The highest BCUT2D eigenvalue weighted by molar-refractivity contribution is 7.80. The molecule has 0 aromatic heterocycles. The van der Waals surface area contributed by atoms with Crippen molar-refractivity contribution in [2.24, 2.45) is 0 Å². The van der Waals surface area contributed by atoms with E-state index in [2.05, 4.69) is 10.6 Å². The lowest BCUT2D eigenvalue weighted by Crippen LogP contribution is -2.25. The van der Waals surface area contributed by atoms with E-state index in [0.717, 1.165) is 0 Å². The second-order valence-electron chi connectivity index (χ2n) is 4.20. The molecule has 0 atom stereocenters. The maximum absolute atomic E-state index is 12.7. The molecule has 0 aliphatic rings. The predicted molar refractivity (Wildman–Crippen MR) is 91.6 cm³/mol. The molecule has 2 aromatic rings. The van der Waals surface area contributed by atoms with Crippen LogP contribution in [0.1, 0.15) is 15.9 Å². The van der Waals surface area contributed by atoms with E-state index in [1.807, 2.05) is 0 Å². The van der Waals surface area contributed by atoms with E-state index in [-0.39, 0.29) is 5.78 Å². The first-order chi connectivity index (χ1) is 10.0. The maximum atomic E-state index is 12.7. The molecule has 2 rings (SSSR count). The second kappa shape index (κ2) is 6.89. The van der Waals surface area contributed by atoms with Crippen molar-refractivity contribution in [1.29, 1.82) is 0 Å². The first-order valence-electron chi connectivity index (χ1n) is 6.10. The Kier molecular flexibility index (Phi) is 5.17. The van der Waals surface area contributed by atoms with Crippen LogP contribution in [0.2, 0.25) is 10.0 Å². The van der Waals surface area contributed by atoms with Crippen LogP contribution >= 0.6 is 35.4 Å². The zero-order valence-electron chi connectivity index (χ0n) is 11.1. The van der Waals surface area contributed by atoms with E-state index in [4.69, 9.17) is 35.4 Å². The summed E-state index contributed by atoms with van der Waals surface area (Å²) in [5.41, 5.74) is 1.40. The molecule has 0 amide bonds. The van der Waals surface area contributed by atoms with Crippen molar-refractivity contribution in [2.75, 3.05) is 12.4 Å². The number of carbonyl (C=O) groups is 1. The molecular weight excluding hydrogens is 327 g/mol. The molecule has 0 spiro atoms. The number of rotatable bonds is 3. The van der Waals surface area contributed by atoms with Gasteiger partial charge in [-0.3, -0.25) is 4.79 Å².